The number of pyridine rings is 1. The molecule has 0 aliphatic heterocycles. The zero-order valence-corrected chi connectivity index (χ0v) is 11.2. The van der Waals surface area contributed by atoms with Gasteiger partial charge in [0, 0.05) is 24.5 Å². The van der Waals surface area contributed by atoms with Crippen LogP contribution in [0.4, 0.5) is 0 Å². The van der Waals surface area contributed by atoms with Gasteiger partial charge in [0.1, 0.15) is 0 Å². The van der Waals surface area contributed by atoms with E-state index in [2.05, 4.69) is 4.98 Å². The third-order valence-electron chi connectivity index (χ3n) is 2.87. The van der Waals surface area contributed by atoms with Crippen LogP contribution in [0.5, 0.6) is 0 Å². The molecule has 2 aromatic rings. The first-order chi connectivity index (χ1) is 9.11. The molecule has 0 fully saturated rings. The normalized spacial score (nSPS) is 10.6. The summed E-state index contributed by atoms with van der Waals surface area (Å²) in [4.78, 5) is 28.3. The molecule has 100 valence electrons. The summed E-state index contributed by atoms with van der Waals surface area (Å²) >= 11 is 0. The Labute approximate surface area is 111 Å². The maximum Gasteiger partial charge on any atom is 0.331 e. The molecule has 2 heterocycles. The highest BCUT2D eigenvalue weighted by atomic mass is 16.2. The lowest BCUT2D eigenvalue weighted by Crippen LogP contribution is -2.39. The molecule has 0 radical (unpaired) electrons. The predicted octanol–water partition coefficient (Wildman–Crippen LogP) is 1.17. The molecule has 0 bridgehead atoms. The van der Waals surface area contributed by atoms with E-state index in [1.165, 1.54) is 10.6 Å². The van der Waals surface area contributed by atoms with Crippen molar-refractivity contribution in [1.82, 2.24) is 14.1 Å². The number of hydrogen-bond donors (Lipinski definition) is 0. The topological polar surface area (TPSA) is 56.9 Å². The second-order valence-corrected chi connectivity index (χ2v) is 4.49. The fourth-order valence-corrected chi connectivity index (χ4v) is 1.96. The van der Waals surface area contributed by atoms with Crippen LogP contribution in [0.15, 0.2) is 40.1 Å². The molecule has 0 aromatic carbocycles. The third kappa shape index (κ3) is 2.99. The largest absolute Gasteiger partial charge is 0.331 e. The van der Waals surface area contributed by atoms with Gasteiger partial charge in [-0.25, -0.2) is 4.79 Å². The van der Waals surface area contributed by atoms with Crippen LogP contribution >= 0.6 is 0 Å². The van der Waals surface area contributed by atoms with Gasteiger partial charge in [0.2, 0.25) is 0 Å². The highest BCUT2D eigenvalue weighted by molar-refractivity contribution is 5.10. The summed E-state index contributed by atoms with van der Waals surface area (Å²) in [5.74, 6) is 0. The van der Waals surface area contributed by atoms with Gasteiger partial charge in [0.05, 0.1) is 12.2 Å². The van der Waals surface area contributed by atoms with Gasteiger partial charge in [-0.1, -0.05) is 13.0 Å². The second-order valence-electron chi connectivity index (χ2n) is 4.49. The van der Waals surface area contributed by atoms with Crippen molar-refractivity contribution in [3.63, 3.8) is 0 Å². The summed E-state index contributed by atoms with van der Waals surface area (Å²) in [5, 5.41) is 0. The van der Waals surface area contributed by atoms with Crippen molar-refractivity contribution < 1.29 is 0 Å². The maximum atomic E-state index is 12.2. The quantitative estimate of drug-likeness (QED) is 0.828. The second kappa shape index (κ2) is 5.65. The smallest absolute Gasteiger partial charge is 0.300 e. The van der Waals surface area contributed by atoms with E-state index in [0.29, 0.717) is 12.2 Å². The number of hydrogen-bond acceptors (Lipinski definition) is 3. The van der Waals surface area contributed by atoms with Crippen molar-refractivity contribution in [3.8, 4) is 0 Å². The Morgan fingerprint density at radius 3 is 2.68 bits per heavy atom. The van der Waals surface area contributed by atoms with Crippen LogP contribution in [0.3, 0.4) is 0 Å². The van der Waals surface area contributed by atoms with E-state index >= 15 is 0 Å². The minimum Gasteiger partial charge on any atom is -0.300 e. The first-order valence-corrected chi connectivity index (χ1v) is 6.34. The fraction of sp³-hybridized carbons (Fsp3) is 0.357. The lowest BCUT2D eigenvalue weighted by Gasteiger charge is -2.08. The Balaban J connectivity index is 2.42. The molecule has 0 amide bonds. The number of rotatable bonds is 4. The van der Waals surface area contributed by atoms with Gasteiger partial charge in [0.15, 0.2) is 0 Å². The Kier molecular flexibility index (Phi) is 3.94. The van der Waals surface area contributed by atoms with Gasteiger partial charge >= 0.3 is 5.69 Å². The first-order valence-electron chi connectivity index (χ1n) is 6.34. The van der Waals surface area contributed by atoms with Crippen LogP contribution in [0.1, 0.15) is 24.7 Å². The van der Waals surface area contributed by atoms with E-state index < -0.39 is 0 Å². The van der Waals surface area contributed by atoms with Crippen molar-refractivity contribution in [2.45, 2.75) is 33.4 Å². The van der Waals surface area contributed by atoms with Gasteiger partial charge in [-0.2, -0.15) is 0 Å². The van der Waals surface area contributed by atoms with E-state index in [4.69, 9.17) is 0 Å². The average molecular weight is 259 g/mol. The molecule has 0 spiro atoms. The van der Waals surface area contributed by atoms with Crippen molar-refractivity contribution in [1.29, 1.82) is 0 Å². The number of aromatic nitrogens is 3. The van der Waals surface area contributed by atoms with Crippen LogP contribution in [0, 0.1) is 6.92 Å². The van der Waals surface area contributed by atoms with Gasteiger partial charge in [0.25, 0.3) is 5.56 Å². The van der Waals surface area contributed by atoms with E-state index in [1.807, 2.05) is 32.0 Å². The predicted molar refractivity (Wildman–Crippen MR) is 73.3 cm³/mol. The minimum absolute atomic E-state index is 0.212. The van der Waals surface area contributed by atoms with Crippen LogP contribution in [0.25, 0.3) is 0 Å². The molecule has 2 rings (SSSR count). The van der Waals surface area contributed by atoms with E-state index in [1.54, 1.807) is 10.8 Å². The molecular weight excluding hydrogens is 242 g/mol. The van der Waals surface area contributed by atoms with Crippen molar-refractivity contribution >= 4 is 0 Å². The third-order valence-corrected chi connectivity index (χ3v) is 2.87. The zero-order valence-electron chi connectivity index (χ0n) is 11.2. The average Bonchev–Trinajstić information content (AvgIpc) is 2.38. The van der Waals surface area contributed by atoms with Gasteiger partial charge < -0.3 is 4.57 Å². The summed E-state index contributed by atoms with van der Waals surface area (Å²) in [5.41, 5.74) is 1.02. The van der Waals surface area contributed by atoms with E-state index in [0.717, 1.165) is 12.1 Å². The van der Waals surface area contributed by atoms with Crippen LogP contribution in [0.2, 0.25) is 0 Å². The summed E-state index contributed by atoms with van der Waals surface area (Å²) < 4.78 is 2.77. The van der Waals surface area contributed by atoms with E-state index in [-0.39, 0.29) is 17.8 Å². The van der Waals surface area contributed by atoms with Crippen molar-refractivity contribution in [3.05, 3.63) is 62.7 Å². The molecule has 0 saturated carbocycles. The summed E-state index contributed by atoms with van der Waals surface area (Å²) in [6.07, 6.45) is 2.40. The lowest BCUT2D eigenvalue weighted by molar-refractivity contribution is 0.567. The first kappa shape index (κ1) is 13.3. The molecular formula is C14H17N3O2. The molecule has 0 aliphatic carbocycles. The van der Waals surface area contributed by atoms with Crippen molar-refractivity contribution in [2.24, 2.45) is 0 Å². The fourth-order valence-electron chi connectivity index (χ4n) is 1.96. The van der Waals surface area contributed by atoms with Gasteiger partial charge in [-0.05, 0) is 25.5 Å². The monoisotopic (exact) mass is 259 g/mol. The summed E-state index contributed by atoms with van der Waals surface area (Å²) in [6, 6.07) is 6.99. The molecule has 0 atom stereocenters. The Bertz CT molecular complexity index is 686. The minimum atomic E-state index is -0.291. The lowest BCUT2D eigenvalue weighted by atomic mass is 10.3. The van der Waals surface area contributed by atoms with Crippen LogP contribution in [-0.4, -0.2) is 14.1 Å². The zero-order chi connectivity index (χ0) is 13.8. The highest BCUT2D eigenvalue weighted by Gasteiger charge is 2.06. The number of aryl methyl sites for hydroxylation is 2. The molecule has 0 N–H and O–H groups in total. The van der Waals surface area contributed by atoms with Crippen molar-refractivity contribution in [2.75, 3.05) is 0 Å². The molecule has 2 aromatic heterocycles. The SMILES string of the molecule is CCCn1ccc(=O)n(Cc2cccc(C)n2)c1=O. The number of nitrogens with zero attached hydrogens (tertiary/aromatic N) is 3. The molecule has 19 heavy (non-hydrogen) atoms. The van der Waals surface area contributed by atoms with Crippen LogP contribution in [-0.2, 0) is 13.1 Å². The van der Waals surface area contributed by atoms with E-state index in [9.17, 15) is 9.59 Å². The summed E-state index contributed by atoms with van der Waals surface area (Å²) in [6.45, 7) is 4.70. The maximum absolute atomic E-state index is 12.2. The summed E-state index contributed by atoms with van der Waals surface area (Å²) in [7, 11) is 0. The molecule has 0 unspecified atom stereocenters. The van der Waals surface area contributed by atoms with Gasteiger partial charge in [-0.3, -0.25) is 14.3 Å². The molecule has 0 aliphatic rings. The molecule has 0 saturated heterocycles. The molecule has 5 heteroatoms. The Hall–Kier alpha value is -2.17. The Morgan fingerprint density at radius 2 is 2.00 bits per heavy atom. The molecule has 5 nitrogen and oxygen atoms in total. The Morgan fingerprint density at radius 1 is 1.21 bits per heavy atom. The van der Waals surface area contributed by atoms with Crippen LogP contribution < -0.4 is 11.2 Å². The highest BCUT2D eigenvalue weighted by Crippen LogP contribution is 1.98. The van der Waals surface area contributed by atoms with Gasteiger partial charge in [-0.15, -0.1) is 0 Å². The standard InChI is InChI=1S/C14H17N3O2/c1-3-8-16-9-7-13(18)17(14(16)19)10-12-6-4-5-11(2)15-12/h4-7,9H,3,8,10H2,1-2H3.